The van der Waals surface area contributed by atoms with E-state index >= 15 is 0 Å². The van der Waals surface area contributed by atoms with E-state index in [-0.39, 0.29) is 18.0 Å². The van der Waals surface area contributed by atoms with E-state index in [0.29, 0.717) is 17.3 Å². The minimum Gasteiger partial charge on any atom is -0.462 e. The van der Waals surface area contributed by atoms with Gasteiger partial charge in [-0.2, -0.15) is 5.10 Å². The van der Waals surface area contributed by atoms with Crippen molar-refractivity contribution >= 4 is 17.5 Å². The van der Waals surface area contributed by atoms with Crippen LogP contribution in [0.1, 0.15) is 32.4 Å². The normalized spacial score (nSPS) is 13.5. The molecule has 3 rings (SSSR count). The first-order valence-electron chi connectivity index (χ1n) is 9.35. The third-order valence-electron chi connectivity index (χ3n) is 4.61. The summed E-state index contributed by atoms with van der Waals surface area (Å²) in [7, 11) is 0. The van der Waals surface area contributed by atoms with Gasteiger partial charge in [-0.1, -0.05) is 29.8 Å². The van der Waals surface area contributed by atoms with Gasteiger partial charge >= 0.3 is 0 Å². The standard InChI is InChI=1S/C21H24ClN5O2/c1-15(26-20(28)21(2,3)29-19-6-4-5-11-24-19)18(27-14-23-13-25-27)12-16-7-9-17(22)10-8-16/h4-11,13-15,18H,12H2,1-3H3,(H,26,28). The van der Waals surface area contributed by atoms with Crippen LogP contribution < -0.4 is 10.1 Å². The summed E-state index contributed by atoms with van der Waals surface area (Å²) in [6, 6.07) is 12.6. The summed E-state index contributed by atoms with van der Waals surface area (Å²) in [6.07, 6.45) is 5.42. The van der Waals surface area contributed by atoms with Crippen molar-refractivity contribution < 1.29 is 9.53 Å². The second-order valence-corrected chi connectivity index (χ2v) is 7.75. The predicted octanol–water partition coefficient (Wildman–Crippen LogP) is 3.47. The molecule has 2 aromatic heterocycles. The van der Waals surface area contributed by atoms with Crippen LogP contribution in [-0.2, 0) is 11.2 Å². The highest BCUT2D eigenvalue weighted by Gasteiger charge is 2.33. The van der Waals surface area contributed by atoms with Gasteiger partial charge in [0.15, 0.2) is 5.60 Å². The van der Waals surface area contributed by atoms with Crippen LogP contribution in [0, 0.1) is 0 Å². The number of carbonyl (C=O) groups excluding carboxylic acids is 1. The molecule has 0 aliphatic heterocycles. The van der Waals surface area contributed by atoms with Gasteiger partial charge < -0.3 is 10.1 Å². The van der Waals surface area contributed by atoms with E-state index in [1.807, 2.05) is 37.3 Å². The molecule has 0 aliphatic rings. The van der Waals surface area contributed by atoms with Crippen LogP contribution in [0.2, 0.25) is 5.02 Å². The molecular weight excluding hydrogens is 390 g/mol. The fourth-order valence-electron chi connectivity index (χ4n) is 2.94. The molecule has 3 aromatic rings. The maximum absolute atomic E-state index is 12.9. The van der Waals surface area contributed by atoms with Crippen molar-refractivity contribution in [3.05, 3.63) is 71.9 Å². The molecule has 0 radical (unpaired) electrons. The van der Waals surface area contributed by atoms with E-state index in [9.17, 15) is 4.79 Å². The lowest BCUT2D eigenvalue weighted by Gasteiger charge is -2.30. The number of rotatable bonds is 8. The lowest BCUT2D eigenvalue weighted by molar-refractivity contribution is -0.135. The molecule has 152 valence electrons. The highest BCUT2D eigenvalue weighted by Crippen LogP contribution is 2.21. The maximum atomic E-state index is 12.9. The Morgan fingerprint density at radius 2 is 2.00 bits per heavy atom. The monoisotopic (exact) mass is 413 g/mol. The van der Waals surface area contributed by atoms with E-state index in [4.69, 9.17) is 16.3 Å². The van der Waals surface area contributed by atoms with Gasteiger partial charge in [0.1, 0.15) is 12.7 Å². The van der Waals surface area contributed by atoms with Crippen LogP contribution in [0.15, 0.2) is 61.3 Å². The Morgan fingerprint density at radius 1 is 1.24 bits per heavy atom. The molecule has 7 nitrogen and oxygen atoms in total. The molecule has 0 bridgehead atoms. The van der Waals surface area contributed by atoms with Crippen LogP contribution in [-0.4, -0.2) is 37.3 Å². The molecule has 8 heteroatoms. The smallest absolute Gasteiger partial charge is 0.263 e. The number of carbonyl (C=O) groups is 1. The van der Waals surface area contributed by atoms with Crippen molar-refractivity contribution in [1.29, 1.82) is 0 Å². The fourth-order valence-corrected chi connectivity index (χ4v) is 3.07. The molecule has 2 atom stereocenters. The summed E-state index contributed by atoms with van der Waals surface area (Å²) in [5, 5.41) is 8.01. The third-order valence-corrected chi connectivity index (χ3v) is 4.87. The van der Waals surface area contributed by atoms with E-state index in [0.717, 1.165) is 5.56 Å². The minimum atomic E-state index is -1.09. The summed E-state index contributed by atoms with van der Waals surface area (Å²) >= 11 is 5.99. The van der Waals surface area contributed by atoms with Gasteiger partial charge in [0.2, 0.25) is 5.88 Å². The van der Waals surface area contributed by atoms with Gasteiger partial charge in [0.25, 0.3) is 5.91 Å². The zero-order valence-corrected chi connectivity index (χ0v) is 17.4. The van der Waals surface area contributed by atoms with Crippen LogP contribution in [0.4, 0.5) is 0 Å². The van der Waals surface area contributed by atoms with Crippen LogP contribution in [0.25, 0.3) is 0 Å². The fraction of sp³-hybridized carbons (Fsp3) is 0.333. The Hall–Kier alpha value is -2.93. The number of nitrogens with zero attached hydrogens (tertiary/aromatic N) is 4. The highest BCUT2D eigenvalue weighted by atomic mass is 35.5. The Bertz CT molecular complexity index is 914. The maximum Gasteiger partial charge on any atom is 0.263 e. The first-order chi connectivity index (χ1) is 13.8. The first-order valence-corrected chi connectivity index (χ1v) is 9.72. The molecule has 0 fully saturated rings. The van der Waals surface area contributed by atoms with E-state index < -0.39 is 5.60 Å². The average Bonchev–Trinajstić information content (AvgIpc) is 3.22. The number of benzene rings is 1. The molecule has 0 saturated heterocycles. The first kappa shape index (κ1) is 20.8. The lowest BCUT2D eigenvalue weighted by Crippen LogP contribution is -2.51. The lowest BCUT2D eigenvalue weighted by atomic mass is 9.99. The number of ether oxygens (including phenoxy) is 1. The molecule has 2 heterocycles. The van der Waals surface area contributed by atoms with Crippen LogP contribution in [0.5, 0.6) is 5.88 Å². The predicted molar refractivity (Wildman–Crippen MR) is 111 cm³/mol. The number of halogens is 1. The SMILES string of the molecule is CC(NC(=O)C(C)(C)Oc1ccccn1)C(Cc1ccc(Cl)cc1)n1cncn1. The van der Waals surface area contributed by atoms with Gasteiger partial charge in [0.05, 0.1) is 6.04 Å². The number of pyridine rings is 1. The summed E-state index contributed by atoms with van der Waals surface area (Å²) < 4.78 is 7.55. The second kappa shape index (κ2) is 9.05. The number of hydrogen-bond donors (Lipinski definition) is 1. The quantitative estimate of drug-likeness (QED) is 0.611. The van der Waals surface area contributed by atoms with E-state index in [2.05, 4.69) is 20.4 Å². The third kappa shape index (κ3) is 5.54. The van der Waals surface area contributed by atoms with Crippen molar-refractivity contribution in [1.82, 2.24) is 25.1 Å². The highest BCUT2D eigenvalue weighted by molar-refractivity contribution is 6.30. The van der Waals surface area contributed by atoms with Crippen molar-refractivity contribution in [2.45, 2.75) is 44.9 Å². The summed E-state index contributed by atoms with van der Waals surface area (Å²) in [5.41, 5.74) is -0.00417. The zero-order valence-electron chi connectivity index (χ0n) is 16.6. The molecule has 0 spiro atoms. The van der Waals surface area contributed by atoms with Crippen LogP contribution >= 0.6 is 11.6 Å². The van der Waals surface area contributed by atoms with E-state index in [1.165, 1.54) is 6.33 Å². The summed E-state index contributed by atoms with van der Waals surface area (Å²) in [6.45, 7) is 5.37. The Kier molecular flexibility index (Phi) is 6.49. The largest absolute Gasteiger partial charge is 0.462 e. The van der Waals surface area contributed by atoms with Gasteiger partial charge in [-0.15, -0.1) is 0 Å². The van der Waals surface area contributed by atoms with Crippen molar-refractivity contribution in [2.75, 3.05) is 0 Å². The molecule has 29 heavy (non-hydrogen) atoms. The average molecular weight is 414 g/mol. The number of nitrogens with one attached hydrogen (secondary N) is 1. The summed E-state index contributed by atoms with van der Waals surface area (Å²) in [4.78, 5) is 21.1. The van der Waals surface area contributed by atoms with E-state index in [1.54, 1.807) is 43.2 Å². The number of amides is 1. The summed E-state index contributed by atoms with van der Waals surface area (Å²) in [5.74, 6) is 0.158. The minimum absolute atomic E-state index is 0.131. The molecule has 0 aliphatic carbocycles. The molecule has 2 unspecified atom stereocenters. The number of aromatic nitrogens is 4. The van der Waals surface area contributed by atoms with Gasteiger partial charge in [-0.3, -0.25) is 4.79 Å². The molecular formula is C21H24ClN5O2. The van der Waals surface area contributed by atoms with Crippen LogP contribution in [0.3, 0.4) is 0 Å². The Labute approximate surface area is 175 Å². The molecule has 1 N–H and O–H groups in total. The van der Waals surface area contributed by atoms with Gasteiger partial charge in [-0.05, 0) is 51.0 Å². The Morgan fingerprint density at radius 3 is 2.62 bits per heavy atom. The topological polar surface area (TPSA) is 81.9 Å². The van der Waals surface area contributed by atoms with Gasteiger partial charge in [-0.25, -0.2) is 14.6 Å². The molecule has 1 aromatic carbocycles. The second-order valence-electron chi connectivity index (χ2n) is 7.32. The van der Waals surface area contributed by atoms with Crippen molar-refractivity contribution in [3.8, 4) is 5.88 Å². The number of hydrogen-bond acceptors (Lipinski definition) is 5. The van der Waals surface area contributed by atoms with Crippen molar-refractivity contribution in [2.24, 2.45) is 0 Å². The zero-order chi connectivity index (χ0) is 20.9. The Balaban J connectivity index is 1.72. The van der Waals surface area contributed by atoms with Crippen molar-refractivity contribution in [3.63, 3.8) is 0 Å². The van der Waals surface area contributed by atoms with Gasteiger partial charge in [0, 0.05) is 23.3 Å². The molecule has 0 saturated carbocycles. The molecule has 1 amide bonds.